The number of aliphatic hydroxyl groups is 1. The third-order valence-electron chi connectivity index (χ3n) is 5.15. The number of rotatable bonds is 5. The predicted molar refractivity (Wildman–Crippen MR) is 78.4 cm³/mol. The summed E-state index contributed by atoms with van der Waals surface area (Å²) in [7, 11) is 0. The van der Waals surface area contributed by atoms with Crippen molar-refractivity contribution < 1.29 is 5.11 Å². The molecule has 1 unspecified atom stereocenters. The highest BCUT2D eigenvalue weighted by molar-refractivity contribution is 4.94. The zero-order chi connectivity index (χ0) is 13.8. The number of aliphatic hydroxyl groups excluding tert-OH is 1. The van der Waals surface area contributed by atoms with Crippen LogP contribution in [0.25, 0.3) is 0 Å². The van der Waals surface area contributed by atoms with E-state index in [1.54, 1.807) is 0 Å². The first-order chi connectivity index (χ1) is 8.35. The average molecular weight is 255 g/mol. The highest BCUT2D eigenvalue weighted by Gasteiger charge is 2.42. The fourth-order valence-corrected chi connectivity index (χ4v) is 3.44. The minimum atomic E-state index is -0.191. The quantitative estimate of drug-likeness (QED) is 0.786. The Bertz CT molecular complexity index is 236. The molecule has 1 aliphatic rings. The molecule has 1 atom stereocenters. The van der Waals surface area contributed by atoms with Gasteiger partial charge < -0.3 is 10.8 Å². The standard InChI is InChI=1S/C16H33NO/c1-5-6-7-14(18)16(12-17)10-8-13(9-11-16)15(2,3)4/h13-14,18H,5-12,17H2,1-4H3. The van der Waals surface area contributed by atoms with E-state index in [1.165, 1.54) is 12.8 Å². The number of hydrogen-bond donors (Lipinski definition) is 2. The lowest BCUT2D eigenvalue weighted by molar-refractivity contribution is -0.0266. The molecule has 2 nitrogen and oxygen atoms in total. The topological polar surface area (TPSA) is 46.2 Å². The van der Waals surface area contributed by atoms with Gasteiger partial charge in [-0.25, -0.2) is 0 Å². The molecule has 0 aromatic heterocycles. The second-order valence-corrected chi connectivity index (χ2v) is 7.36. The van der Waals surface area contributed by atoms with E-state index in [0.717, 1.165) is 38.0 Å². The van der Waals surface area contributed by atoms with Gasteiger partial charge in [0.1, 0.15) is 0 Å². The molecule has 0 heterocycles. The molecule has 0 amide bonds. The second kappa shape index (κ2) is 6.38. The van der Waals surface area contributed by atoms with Crippen LogP contribution in [0.4, 0.5) is 0 Å². The summed E-state index contributed by atoms with van der Waals surface area (Å²) in [6.45, 7) is 9.83. The van der Waals surface area contributed by atoms with Crippen molar-refractivity contribution in [3.05, 3.63) is 0 Å². The third-order valence-corrected chi connectivity index (χ3v) is 5.15. The Morgan fingerprint density at radius 1 is 1.28 bits per heavy atom. The van der Waals surface area contributed by atoms with Crippen LogP contribution in [0.2, 0.25) is 0 Å². The van der Waals surface area contributed by atoms with Crippen molar-refractivity contribution in [1.29, 1.82) is 0 Å². The smallest absolute Gasteiger partial charge is 0.0608 e. The summed E-state index contributed by atoms with van der Waals surface area (Å²) in [5, 5.41) is 10.5. The van der Waals surface area contributed by atoms with Gasteiger partial charge >= 0.3 is 0 Å². The van der Waals surface area contributed by atoms with Crippen molar-refractivity contribution in [2.75, 3.05) is 6.54 Å². The molecule has 108 valence electrons. The van der Waals surface area contributed by atoms with Crippen LogP contribution in [-0.4, -0.2) is 17.8 Å². The average Bonchev–Trinajstić information content (AvgIpc) is 2.34. The van der Waals surface area contributed by atoms with Crippen LogP contribution in [0.3, 0.4) is 0 Å². The summed E-state index contributed by atoms with van der Waals surface area (Å²) in [4.78, 5) is 0. The summed E-state index contributed by atoms with van der Waals surface area (Å²) in [5.74, 6) is 0.788. The Morgan fingerprint density at radius 3 is 2.22 bits per heavy atom. The highest BCUT2D eigenvalue weighted by atomic mass is 16.3. The first-order valence-corrected chi connectivity index (χ1v) is 7.74. The minimum Gasteiger partial charge on any atom is -0.393 e. The maximum absolute atomic E-state index is 10.5. The lowest BCUT2D eigenvalue weighted by Crippen LogP contribution is -2.45. The Hall–Kier alpha value is -0.0800. The summed E-state index contributed by atoms with van der Waals surface area (Å²) < 4.78 is 0. The SMILES string of the molecule is CCCCC(O)C1(CN)CCC(C(C)(C)C)CC1. The fourth-order valence-electron chi connectivity index (χ4n) is 3.44. The van der Waals surface area contributed by atoms with Gasteiger partial charge in [-0.15, -0.1) is 0 Å². The molecule has 1 rings (SSSR count). The molecule has 0 spiro atoms. The summed E-state index contributed by atoms with van der Waals surface area (Å²) in [5.41, 5.74) is 6.41. The molecule has 1 aliphatic carbocycles. The Morgan fingerprint density at radius 2 is 1.83 bits per heavy atom. The van der Waals surface area contributed by atoms with Gasteiger partial charge in [-0.2, -0.15) is 0 Å². The van der Waals surface area contributed by atoms with Crippen molar-refractivity contribution in [2.24, 2.45) is 22.5 Å². The van der Waals surface area contributed by atoms with Crippen LogP contribution in [0.5, 0.6) is 0 Å². The molecule has 0 bridgehead atoms. The van der Waals surface area contributed by atoms with Crippen LogP contribution in [0, 0.1) is 16.7 Å². The molecule has 1 fully saturated rings. The first kappa shape index (κ1) is 16.0. The first-order valence-electron chi connectivity index (χ1n) is 7.74. The van der Waals surface area contributed by atoms with Gasteiger partial charge in [-0.3, -0.25) is 0 Å². The molecule has 0 aromatic carbocycles. The van der Waals surface area contributed by atoms with Crippen LogP contribution in [-0.2, 0) is 0 Å². The lowest BCUT2D eigenvalue weighted by atomic mass is 9.61. The van der Waals surface area contributed by atoms with Crippen molar-refractivity contribution in [2.45, 2.75) is 78.7 Å². The normalized spacial score (nSPS) is 31.3. The van der Waals surface area contributed by atoms with Gasteiger partial charge in [-0.05, 0) is 43.4 Å². The van der Waals surface area contributed by atoms with Crippen LogP contribution >= 0.6 is 0 Å². The molecule has 0 radical (unpaired) electrons. The van der Waals surface area contributed by atoms with E-state index < -0.39 is 0 Å². The fraction of sp³-hybridized carbons (Fsp3) is 1.00. The molecule has 3 N–H and O–H groups in total. The van der Waals surface area contributed by atoms with Crippen molar-refractivity contribution in [3.63, 3.8) is 0 Å². The van der Waals surface area contributed by atoms with Crippen molar-refractivity contribution in [1.82, 2.24) is 0 Å². The van der Waals surface area contributed by atoms with Gasteiger partial charge in [0, 0.05) is 12.0 Å². The van der Waals surface area contributed by atoms with Gasteiger partial charge in [0.05, 0.1) is 6.10 Å². The van der Waals surface area contributed by atoms with Gasteiger partial charge in [0.2, 0.25) is 0 Å². The maximum atomic E-state index is 10.5. The monoisotopic (exact) mass is 255 g/mol. The van der Waals surface area contributed by atoms with Crippen LogP contribution in [0.1, 0.15) is 72.6 Å². The summed E-state index contributed by atoms with van der Waals surface area (Å²) >= 11 is 0. The van der Waals surface area contributed by atoms with E-state index in [0.29, 0.717) is 12.0 Å². The highest BCUT2D eigenvalue weighted by Crippen LogP contribution is 2.47. The third kappa shape index (κ3) is 3.71. The molecule has 2 heteroatoms. The van der Waals surface area contributed by atoms with Gasteiger partial charge in [0.15, 0.2) is 0 Å². The van der Waals surface area contributed by atoms with Gasteiger partial charge in [0.25, 0.3) is 0 Å². The molecular formula is C16H33NO. The van der Waals surface area contributed by atoms with Crippen LogP contribution in [0.15, 0.2) is 0 Å². The number of nitrogens with two attached hydrogens (primary N) is 1. The van der Waals surface area contributed by atoms with E-state index in [2.05, 4.69) is 27.7 Å². The molecule has 0 aromatic rings. The Labute approximate surface area is 113 Å². The minimum absolute atomic E-state index is 0.0108. The maximum Gasteiger partial charge on any atom is 0.0608 e. The lowest BCUT2D eigenvalue weighted by Gasteiger charge is -2.46. The largest absolute Gasteiger partial charge is 0.393 e. The van der Waals surface area contributed by atoms with Crippen molar-refractivity contribution in [3.8, 4) is 0 Å². The van der Waals surface area contributed by atoms with Gasteiger partial charge in [-0.1, -0.05) is 40.5 Å². The Balaban J connectivity index is 2.59. The molecular weight excluding hydrogens is 222 g/mol. The summed E-state index contributed by atoms with van der Waals surface area (Å²) in [6, 6.07) is 0. The molecule has 1 saturated carbocycles. The zero-order valence-electron chi connectivity index (χ0n) is 12.8. The van der Waals surface area contributed by atoms with E-state index >= 15 is 0 Å². The number of unbranched alkanes of at least 4 members (excludes halogenated alkanes) is 1. The molecule has 0 saturated heterocycles. The van der Waals surface area contributed by atoms with E-state index in [-0.39, 0.29) is 11.5 Å². The Kier molecular flexibility index (Phi) is 5.67. The summed E-state index contributed by atoms with van der Waals surface area (Å²) in [6.07, 6.45) is 7.67. The molecule has 18 heavy (non-hydrogen) atoms. The van der Waals surface area contributed by atoms with E-state index in [9.17, 15) is 5.11 Å². The van der Waals surface area contributed by atoms with Crippen molar-refractivity contribution >= 4 is 0 Å². The number of hydrogen-bond acceptors (Lipinski definition) is 2. The van der Waals surface area contributed by atoms with E-state index in [4.69, 9.17) is 5.73 Å². The van der Waals surface area contributed by atoms with E-state index in [1.807, 2.05) is 0 Å². The predicted octanol–water partition coefficient (Wildman–Crippen LogP) is 3.72. The second-order valence-electron chi connectivity index (χ2n) is 7.36. The van der Waals surface area contributed by atoms with Crippen LogP contribution < -0.4 is 5.73 Å². The molecule has 0 aliphatic heterocycles. The zero-order valence-corrected chi connectivity index (χ0v) is 12.8.